The van der Waals surface area contributed by atoms with E-state index in [0.29, 0.717) is 24.7 Å². The van der Waals surface area contributed by atoms with Gasteiger partial charge in [-0.25, -0.2) is 0 Å². The number of esters is 2. The quantitative estimate of drug-likeness (QED) is 0.569. The minimum Gasteiger partial charge on any atom is -0.465 e. The third kappa shape index (κ3) is 6.93. The Morgan fingerprint density at radius 3 is 2.33 bits per heavy atom. The van der Waals surface area contributed by atoms with Gasteiger partial charge >= 0.3 is 11.9 Å². The van der Waals surface area contributed by atoms with Gasteiger partial charge in [-0.05, 0) is 49.4 Å². The number of aryl methyl sites for hydroxylation is 2. The highest BCUT2D eigenvalue weighted by molar-refractivity contribution is 5.74. The van der Waals surface area contributed by atoms with Crippen molar-refractivity contribution < 1.29 is 19.1 Å². The lowest BCUT2D eigenvalue weighted by Gasteiger charge is -2.08. The molecule has 1 rings (SSSR count). The topological polar surface area (TPSA) is 52.6 Å². The molecular weight excluding hydrogens is 268 g/mol. The first-order chi connectivity index (χ1) is 9.88. The van der Waals surface area contributed by atoms with Crippen LogP contribution in [0.25, 0.3) is 0 Å². The molecule has 0 heterocycles. The van der Waals surface area contributed by atoms with Crippen LogP contribution in [0.15, 0.2) is 18.2 Å². The Hall–Kier alpha value is -1.84. The van der Waals surface area contributed by atoms with Gasteiger partial charge in [0.1, 0.15) is 5.75 Å². The third-order valence-corrected chi connectivity index (χ3v) is 3.05. The van der Waals surface area contributed by atoms with Crippen molar-refractivity contribution in [1.82, 2.24) is 0 Å². The van der Waals surface area contributed by atoms with Crippen LogP contribution in [0.2, 0.25) is 0 Å². The summed E-state index contributed by atoms with van der Waals surface area (Å²) in [6.45, 7) is 8.36. The van der Waals surface area contributed by atoms with E-state index in [2.05, 4.69) is 0 Å². The summed E-state index contributed by atoms with van der Waals surface area (Å²) in [5.41, 5.74) is 2.24. The summed E-state index contributed by atoms with van der Waals surface area (Å²) in [7, 11) is 0. The fourth-order valence-electron chi connectivity index (χ4n) is 1.67. The van der Waals surface area contributed by atoms with Gasteiger partial charge in [0.05, 0.1) is 6.61 Å². The molecule has 0 unspecified atom stereocenters. The number of benzene rings is 1. The van der Waals surface area contributed by atoms with Crippen molar-refractivity contribution >= 4 is 11.9 Å². The van der Waals surface area contributed by atoms with Crippen molar-refractivity contribution in [2.45, 2.75) is 47.0 Å². The lowest BCUT2D eigenvalue weighted by atomic mass is 10.1. The van der Waals surface area contributed by atoms with E-state index in [1.165, 1.54) is 0 Å². The smallest absolute Gasteiger partial charge is 0.311 e. The molecule has 0 saturated heterocycles. The molecule has 1 aromatic carbocycles. The lowest BCUT2D eigenvalue weighted by molar-refractivity contribution is -0.145. The molecule has 0 aliphatic rings. The van der Waals surface area contributed by atoms with Crippen molar-refractivity contribution in [3.63, 3.8) is 0 Å². The number of carbonyl (C=O) groups excluding carboxylic acids is 2. The van der Waals surface area contributed by atoms with Gasteiger partial charge < -0.3 is 9.47 Å². The van der Waals surface area contributed by atoms with Crippen LogP contribution in [0, 0.1) is 19.8 Å². The SMILES string of the molecule is Cc1ccc(OC(=O)CCCC(=O)OCC(C)C)cc1C. The average Bonchev–Trinajstić information content (AvgIpc) is 2.40. The highest BCUT2D eigenvalue weighted by Gasteiger charge is 2.09. The molecule has 0 radical (unpaired) electrons. The molecule has 0 saturated carbocycles. The van der Waals surface area contributed by atoms with Gasteiger partial charge in [0.25, 0.3) is 0 Å². The fourth-order valence-corrected chi connectivity index (χ4v) is 1.67. The highest BCUT2D eigenvalue weighted by Crippen LogP contribution is 2.17. The molecule has 0 aliphatic heterocycles. The molecule has 0 amide bonds. The largest absolute Gasteiger partial charge is 0.465 e. The van der Waals surface area contributed by atoms with Crippen molar-refractivity contribution in [3.05, 3.63) is 29.3 Å². The minimum absolute atomic E-state index is 0.212. The molecule has 4 heteroatoms. The second kappa shape index (κ2) is 8.45. The monoisotopic (exact) mass is 292 g/mol. The second-order valence-electron chi connectivity index (χ2n) is 5.65. The van der Waals surface area contributed by atoms with Crippen LogP contribution in [-0.2, 0) is 14.3 Å². The normalized spacial score (nSPS) is 10.5. The van der Waals surface area contributed by atoms with Crippen LogP contribution in [0.4, 0.5) is 0 Å². The van der Waals surface area contributed by atoms with Crippen LogP contribution >= 0.6 is 0 Å². The van der Waals surface area contributed by atoms with Gasteiger partial charge in [0.2, 0.25) is 0 Å². The lowest BCUT2D eigenvalue weighted by Crippen LogP contribution is -2.12. The number of carbonyl (C=O) groups is 2. The van der Waals surface area contributed by atoms with E-state index in [-0.39, 0.29) is 24.8 Å². The molecule has 0 bridgehead atoms. The Morgan fingerprint density at radius 1 is 1.05 bits per heavy atom. The zero-order valence-electron chi connectivity index (χ0n) is 13.3. The van der Waals surface area contributed by atoms with Crippen LogP contribution in [-0.4, -0.2) is 18.5 Å². The molecule has 0 atom stereocenters. The van der Waals surface area contributed by atoms with Gasteiger partial charge in [-0.15, -0.1) is 0 Å². The second-order valence-corrected chi connectivity index (χ2v) is 5.65. The predicted octanol–water partition coefficient (Wildman–Crippen LogP) is 3.58. The van der Waals surface area contributed by atoms with E-state index in [4.69, 9.17) is 9.47 Å². The highest BCUT2D eigenvalue weighted by atomic mass is 16.5. The number of rotatable bonds is 7. The van der Waals surface area contributed by atoms with Gasteiger partial charge in [-0.1, -0.05) is 19.9 Å². The molecule has 1 aromatic rings. The van der Waals surface area contributed by atoms with Crippen LogP contribution in [0.3, 0.4) is 0 Å². The fraction of sp³-hybridized carbons (Fsp3) is 0.529. The molecule has 0 spiro atoms. The number of hydrogen-bond donors (Lipinski definition) is 0. The summed E-state index contributed by atoms with van der Waals surface area (Å²) in [5.74, 6) is 0.284. The Labute approximate surface area is 126 Å². The molecule has 4 nitrogen and oxygen atoms in total. The Kier molecular flexibility index (Phi) is 6.92. The summed E-state index contributed by atoms with van der Waals surface area (Å²) in [4.78, 5) is 23.1. The summed E-state index contributed by atoms with van der Waals surface area (Å²) in [6, 6.07) is 5.53. The molecule has 0 aromatic heterocycles. The van der Waals surface area contributed by atoms with Crippen molar-refractivity contribution in [2.75, 3.05) is 6.61 Å². The first kappa shape index (κ1) is 17.2. The van der Waals surface area contributed by atoms with Gasteiger partial charge in [-0.2, -0.15) is 0 Å². The molecule has 116 valence electrons. The summed E-state index contributed by atoms with van der Waals surface area (Å²) < 4.78 is 10.3. The summed E-state index contributed by atoms with van der Waals surface area (Å²) in [5, 5.41) is 0. The summed E-state index contributed by atoms with van der Waals surface area (Å²) >= 11 is 0. The van der Waals surface area contributed by atoms with E-state index in [0.717, 1.165) is 11.1 Å². The summed E-state index contributed by atoms with van der Waals surface area (Å²) in [6.07, 6.45) is 0.902. The molecule has 0 N–H and O–H groups in total. The van der Waals surface area contributed by atoms with Crippen molar-refractivity contribution in [1.29, 1.82) is 0 Å². The van der Waals surface area contributed by atoms with Gasteiger partial charge in [-0.3, -0.25) is 9.59 Å². The van der Waals surface area contributed by atoms with E-state index in [1.54, 1.807) is 6.07 Å². The van der Waals surface area contributed by atoms with Crippen molar-refractivity contribution in [3.8, 4) is 5.75 Å². The molecular formula is C17H24O4. The molecule has 0 fully saturated rings. The standard InChI is InChI=1S/C17H24O4/c1-12(2)11-20-16(18)6-5-7-17(19)21-15-9-8-13(3)14(4)10-15/h8-10,12H,5-7,11H2,1-4H3. The zero-order valence-corrected chi connectivity index (χ0v) is 13.3. The minimum atomic E-state index is -0.324. The van der Waals surface area contributed by atoms with Gasteiger partial charge in [0.15, 0.2) is 0 Å². The van der Waals surface area contributed by atoms with E-state index >= 15 is 0 Å². The van der Waals surface area contributed by atoms with E-state index in [1.807, 2.05) is 39.8 Å². The van der Waals surface area contributed by atoms with E-state index in [9.17, 15) is 9.59 Å². The molecule has 21 heavy (non-hydrogen) atoms. The predicted molar refractivity (Wildman–Crippen MR) is 81.2 cm³/mol. The molecule has 0 aliphatic carbocycles. The van der Waals surface area contributed by atoms with Crippen LogP contribution in [0.1, 0.15) is 44.2 Å². The maximum Gasteiger partial charge on any atom is 0.311 e. The van der Waals surface area contributed by atoms with Crippen molar-refractivity contribution in [2.24, 2.45) is 5.92 Å². The van der Waals surface area contributed by atoms with Crippen LogP contribution in [0.5, 0.6) is 5.75 Å². The number of ether oxygens (including phenoxy) is 2. The van der Waals surface area contributed by atoms with E-state index < -0.39 is 0 Å². The first-order valence-electron chi connectivity index (χ1n) is 7.32. The Bertz CT molecular complexity index is 492. The first-order valence-corrected chi connectivity index (χ1v) is 7.32. The van der Waals surface area contributed by atoms with Gasteiger partial charge in [0, 0.05) is 12.8 Å². The Balaban J connectivity index is 2.28. The van der Waals surface area contributed by atoms with Crippen LogP contribution < -0.4 is 4.74 Å². The zero-order chi connectivity index (χ0) is 15.8. The average molecular weight is 292 g/mol. The number of hydrogen-bond acceptors (Lipinski definition) is 4. The third-order valence-electron chi connectivity index (χ3n) is 3.05. The Morgan fingerprint density at radius 2 is 1.71 bits per heavy atom. The maximum absolute atomic E-state index is 11.7. The maximum atomic E-state index is 11.7.